The van der Waals surface area contributed by atoms with Gasteiger partial charge >= 0.3 is 6.18 Å². The van der Waals surface area contributed by atoms with E-state index >= 15 is 0 Å². The van der Waals surface area contributed by atoms with Gasteiger partial charge in [-0.25, -0.2) is 0 Å². The molecule has 0 fully saturated rings. The number of benzene rings is 1. The highest BCUT2D eigenvalue weighted by molar-refractivity contribution is 7.84. The van der Waals surface area contributed by atoms with Gasteiger partial charge in [0.1, 0.15) is 0 Å². The molecule has 1 aromatic carbocycles. The molecule has 0 saturated carbocycles. The molecule has 1 heterocycles. The molecule has 0 aliphatic rings. The number of tetrazole rings is 1. The first-order valence-electron chi connectivity index (χ1n) is 5.82. The third-order valence-corrected chi connectivity index (χ3v) is 4.10. The molecule has 0 spiro atoms. The molecule has 0 amide bonds. The van der Waals surface area contributed by atoms with E-state index in [1.807, 2.05) is 0 Å². The van der Waals surface area contributed by atoms with E-state index in [0.29, 0.717) is 5.75 Å². The molecule has 2 rings (SSSR count). The fourth-order valence-electron chi connectivity index (χ4n) is 1.65. The molecule has 2 aromatic rings. The van der Waals surface area contributed by atoms with Crippen molar-refractivity contribution in [2.24, 2.45) is 0 Å². The van der Waals surface area contributed by atoms with Gasteiger partial charge in [0.15, 0.2) is 5.82 Å². The Hall–Kier alpha value is -1.48. The number of nitrogens with zero attached hydrogens (tertiary/aromatic N) is 4. The van der Waals surface area contributed by atoms with Crippen LogP contribution in [0.15, 0.2) is 18.2 Å². The van der Waals surface area contributed by atoms with E-state index < -0.39 is 22.5 Å². The zero-order valence-corrected chi connectivity index (χ0v) is 12.3. The van der Waals surface area contributed by atoms with Crippen LogP contribution in [-0.2, 0) is 22.7 Å². The standard InChI is InChI=1S/C11H10ClF3N4OS/c1-2-21(20)6-10-16-17-18-19(10)9-4-3-7(12)5-8(9)11(13,14)15/h3-5H,2,6H2,1H3. The van der Waals surface area contributed by atoms with Crippen molar-refractivity contribution in [2.45, 2.75) is 18.9 Å². The average Bonchev–Trinajstić information content (AvgIpc) is 2.85. The Balaban J connectivity index is 2.53. The lowest BCUT2D eigenvalue weighted by molar-refractivity contribution is -0.137. The van der Waals surface area contributed by atoms with Crippen LogP contribution in [-0.4, -0.2) is 30.2 Å². The van der Waals surface area contributed by atoms with Gasteiger partial charge < -0.3 is 0 Å². The molecule has 0 aliphatic heterocycles. The zero-order valence-electron chi connectivity index (χ0n) is 10.8. The van der Waals surface area contributed by atoms with Crippen LogP contribution in [0.25, 0.3) is 5.69 Å². The predicted molar refractivity (Wildman–Crippen MR) is 71.6 cm³/mol. The zero-order chi connectivity index (χ0) is 15.6. The Bertz CT molecular complexity index is 674. The third-order valence-electron chi connectivity index (χ3n) is 2.64. The lowest BCUT2D eigenvalue weighted by atomic mass is 10.1. The summed E-state index contributed by atoms with van der Waals surface area (Å²) in [5.74, 6) is 0.436. The van der Waals surface area contributed by atoms with Crippen molar-refractivity contribution in [3.63, 3.8) is 0 Å². The van der Waals surface area contributed by atoms with Crippen LogP contribution >= 0.6 is 11.6 Å². The Kier molecular flexibility index (Phi) is 4.62. The van der Waals surface area contributed by atoms with Gasteiger partial charge in [0.05, 0.1) is 17.0 Å². The first kappa shape index (κ1) is 15.9. The van der Waals surface area contributed by atoms with E-state index in [-0.39, 0.29) is 22.3 Å². The fraction of sp³-hybridized carbons (Fsp3) is 0.364. The molecule has 5 nitrogen and oxygen atoms in total. The van der Waals surface area contributed by atoms with Crippen molar-refractivity contribution in [2.75, 3.05) is 5.75 Å². The Morgan fingerprint density at radius 1 is 1.38 bits per heavy atom. The Morgan fingerprint density at radius 2 is 2.10 bits per heavy atom. The molecule has 1 atom stereocenters. The monoisotopic (exact) mass is 338 g/mol. The van der Waals surface area contributed by atoms with Gasteiger partial charge in [0, 0.05) is 21.6 Å². The van der Waals surface area contributed by atoms with Crippen LogP contribution in [0, 0.1) is 0 Å². The maximum absolute atomic E-state index is 13.1. The average molecular weight is 339 g/mol. The smallest absolute Gasteiger partial charge is 0.259 e. The first-order valence-corrected chi connectivity index (χ1v) is 7.69. The summed E-state index contributed by atoms with van der Waals surface area (Å²) in [6.07, 6.45) is -4.60. The number of rotatable bonds is 4. The van der Waals surface area contributed by atoms with E-state index in [9.17, 15) is 17.4 Å². The van der Waals surface area contributed by atoms with Crippen molar-refractivity contribution in [3.8, 4) is 5.69 Å². The molecule has 0 N–H and O–H groups in total. The van der Waals surface area contributed by atoms with Crippen molar-refractivity contribution < 1.29 is 17.4 Å². The predicted octanol–water partition coefficient (Wildman–Crippen LogP) is 2.60. The van der Waals surface area contributed by atoms with Gasteiger partial charge in [-0.3, -0.25) is 4.21 Å². The molecule has 10 heteroatoms. The van der Waals surface area contributed by atoms with Crippen LogP contribution in [0.5, 0.6) is 0 Å². The van der Waals surface area contributed by atoms with Crippen molar-refractivity contribution >= 4 is 22.4 Å². The summed E-state index contributed by atoms with van der Waals surface area (Å²) < 4.78 is 51.7. The van der Waals surface area contributed by atoms with Crippen LogP contribution in [0.4, 0.5) is 13.2 Å². The number of halogens is 4. The molecule has 114 valence electrons. The van der Waals surface area contributed by atoms with Crippen LogP contribution < -0.4 is 0 Å². The molecule has 0 bridgehead atoms. The van der Waals surface area contributed by atoms with Gasteiger partial charge in [-0.1, -0.05) is 18.5 Å². The molecule has 0 saturated heterocycles. The van der Waals surface area contributed by atoms with Crippen LogP contribution in [0.3, 0.4) is 0 Å². The fourth-order valence-corrected chi connectivity index (χ4v) is 2.49. The van der Waals surface area contributed by atoms with E-state index in [1.54, 1.807) is 6.92 Å². The molecule has 21 heavy (non-hydrogen) atoms. The van der Waals surface area contributed by atoms with Crippen molar-refractivity contribution in [3.05, 3.63) is 34.6 Å². The highest BCUT2D eigenvalue weighted by Crippen LogP contribution is 2.35. The quantitative estimate of drug-likeness (QED) is 0.859. The number of aromatic nitrogens is 4. The number of alkyl halides is 3. The molecule has 0 aliphatic carbocycles. The summed E-state index contributed by atoms with van der Waals surface area (Å²) in [7, 11) is -1.24. The molecular formula is C11H10ClF3N4OS. The minimum absolute atomic E-state index is 0.0244. The second-order valence-corrected chi connectivity index (χ2v) is 6.22. The summed E-state index contributed by atoms with van der Waals surface area (Å²) in [4.78, 5) is 0. The highest BCUT2D eigenvalue weighted by Gasteiger charge is 2.35. The SMILES string of the molecule is CCS(=O)Cc1nnnn1-c1ccc(Cl)cc1C(F)(F)F. The topological polar surface area (TPSA) is 60.7 Å². The largest absolute Gasteiger partial charge is 0.418 e. The van der Waals surface area contributed by atoms with Gasteiger partial charge in [0.2, 0.25) is 0 Å². The van der Waals surface area contributed by atoms with E-state index in [2.05, 4.69) is 15.5 Å². The van der Waals surface area contributed by atoms with Crippen molar-refractivity contribution in [1.29, 1.82) is 0 Å². The third kappa shape index (κ3) is 3.59. The van der Waals surface area contributed by atoms with Crippen LogP contribution in [0.1, 0.15) is 18.3 Å². The molecular weight excluding hydrogens is 329 g/mol. The van der Waals surface area contributed by atoms with Gasteiger partial charge in [0.25, 0.3) is 0 Å². The number of hydrogen-bond donors (Lipinski definition) is 0. The maximum atomic E-state index is 13.1. The Labute approximate surface area is 125 Å². The van der Waals surface area contributed by atoms with Crippen molar-refractivity contribution in [1.82, 2.24) is 20.2 Å². The first-order chi connectivity index (χ1) is 9.82. The summed E-state index contributed by atoms with van der Waals surface area (Å²) in [5, 5.41) is 10.5. The minimum Gasteiger partial charge on any atom is -0.259 e. The second-order valence-electron chi connectivity index (χ2n) is 4.04. The molecule has 0 radical (unpaired) electrons. The summed E-state index contributed by atoms with van der Waals surface area (Å²) >= 11 is 5.62. The second kappa shape index (κ2) is 6.10. The van der Waals surface area contributed by atoms with E-state index in [4.69, 9.17) is 11.6 Å². The molecule has 1 aromatic heterocycles. The lowest BCUT2D eigenvalue weighted by Crippen LogP contribution is -2.14. The Morgan fingerprint density at radius 3 is 2.71 bits per heavy atom. The van der Waals surface area contributed by atoms with Gasteiger partial charge in [-0.15, -0.1) is 5.10 Å². The number of hydrogen-bond acceptors (Lipinski definition) is 4. The van der Waals surface area contributed by atoms with E-state index in [0.717, 1.165) is 10.7 Å². The van der Waals surface area contributed by atoms with Gasteiger partial charge in [-0.05, 0) is 28.6 Å². The summed E-state index contributed by atoms with van der Waals surface area (Å²) in [5.41, 5.74) is -1.20. The molecule has 1 unspecified atom stereocenters. The summed E-state index contributed by atoms with van der Waals surface area (Å²) in [6.45, 7) is 1.70. The van der Waals surface area contributed by atoms with Gasteiger partial charge in [-0.2, -0.15) is 17.9 Å². The van der Waals surface area contributed by atoms with Crippen LogP contribution in [0.2, 0.25) is 5.02 Å². The summed E-state index contributed by atoms with van der Waals surface area (Å²) in [6, 6.07) is 3.30. The minimum atomic E-state index is -4.60. The maximum Gasteiger partial charge on any atom is 0.418 e. The lowest BCUT2D eigenvalue weighted by Gasteiger charge is -2.13. The van der Waals surface area contributed by atoms with E-state index in [1.165, 1.54) is 12.1 Å². The normalized spacial score (nSPS) is 13.4. The highest BCUT2D eigenvalue weighted by atomic mass is 35.5.